The Bertz CT molecular complexity index is 326. The molecule has 0 aliphatic carbocycles. The van der Waals surface area contributed by atoms with Crippen molar-refractivity contribution < 1.29 is 1.37 Å². The van der Waals surface area contributed by atoms with Crippen LogP contribution in [0.2, 0.25) is 0 Å². The topological polar surface area (TPSA) is 19.4 Å². The van der Waals surface area contributed by atoms with E-state index in [1.807, 2.05) is 0 Å². The molecule has 1 fully saturated rings. The zero-order valence-corrected chi connectivity index (χ0v) is 9.55. The molecular formula is C10H17N3S. The van der Waals surface area contributed by atoms with E-state index in [1.165, 1.54) is 24.2 Å². The SMILES string of the molecule is [2H]c1cnc(N2CCC[C@@H](N(C)C)C2)s1. The first-order valence-corrected chi connectivity index (χ1v) is 5.82. The van der Waals surface area contributed by atoms with E-state index in [2.05, 4.69) is 28.9 Å². The highest BCUT2D eigenvalue weighted by Crippen LogP contribution is 2.23. The van der Waals surface area contributed by atoms with Crippen LogP contribution in [0.5, 0.6) is 0 Å². The minimum Gasteiger partial charge on any atom is -0.347 e. The van der Waals surface area contributed by atoms with Crippen LogP contribution in [0.4, 0.5) is 5.13 Å². The average molecular weight is 212 g/mol. The molecule has 0 N–H and O–H groups in total. The number of nitrogens with zero attached hydrogens (tertiary/aromatic N) is 3. The van der Waals surface area contributed by atoms with Crippen LogP contribution in [0.15, 0.2) is 11.6 Å². The summed E-state index contributed by atoms with van der Waals surface area (Å²) in [5.74, 6) is 0. The predicted molar refractivity (Wildman–Crippen MR) is 61.0 cm³/mol. The van der Waals surface area contributed by atoms with E-state index in [0.29, 0.717) is 11.4 Å². The average Bonchev–Trinajstić information content (AvgIpc) is 2.65. The second-order valence-electron chi connectivity index (χ2n) is 3.97. The molecule has 1 saturated heterocycles. The Morgan fingerprint density at radius 2 is 2.57 bits per heavy atom. The highest BCUT2D eigenvalue weighted by Gasteiger charge is 2.22. The van der Waals surface area contributed by atoms with Gasteiger partial charge in [0.25, 0.3) is 0 Å². The summed E-state index contributed by atoms with van der Waals surface area (Å²) < 4.78 is 7.49. The van der Waals surface area contributed by atoms with Crippen LogP contribution in [0.3, 0.4) is 0 Å². The van der Waals surface area contributed by atoms with E-state index >= 15 is 0 Å². The Kier molecular flexibility index (Phi) is 2.65. The van der Waals surface area contributed by atoms with E-state index in [0.717, 1.165) is 18.2 Å². The normalized spacial score (nSPS) is 24.1. The molecule has 0 radical (unpaired) electrons. The molecule has 0 saturated carbocycles. The van der Waals surface area contributed by atoms with Crippen molar-refractivity contribution in [1.29, 1.82) is 0 Å². The van der Waals surface area contributed by atoms with Gasteiger partial charge in [-0.15, -0.1) is 11.3 Å². The zero-order valence-electron chi connectivity index (χ0n) is 9.73. The van der Waals surface area contributed by atoms with Crippen molar-refractivity contribution in [2.75, 3.05) is 32.1 Å². The standard InChI is InChI=1S/C10H17N3S/c1-12(2)9-4-3-6-13(8-9)10-11-5-7-14-10/h5,7,9H,3-4,6,8H2,1-2H3/t9-/m1/s1/i7D. The van der Waals surface area contributed by atoms with E-state index in [1.54, 1.807) is 6.20 Å². The first-order valence-electron chi connectivity index (χ1n) is 5.50. The molecule has 2 rings (SSSR count). The van der Waals surface area contributed by atoms with Crippen molar-refractivity contribution in [3.63, 3.8) is 0 Å². The maximum Gasteiger partial charge on any atom is 0.185 e. The van der Waals surface area contributed by atoms with Crippen LogP contribution < -0.4 is 4.90 Å². The summed E-state index contributed by atoms with van der Waals surface area (Å²) in [6, 6.07) is 0.622. The van der Waals surface area contributed by atoms with Crippen LogP contribution in [0.1, 0.15) is 14.2 Å². The second kappa shape index (κ2) is 4.28. The first kappa shape index (κ1) is 8.68. The van der Waals surface area contributed by atoms with Crippen LogP contribution >= 0.6 is 11.3 Å². The fraction of sp³-hybridized carbons (Fsp3) is 0.700. The van der Waals surface area contributed by atoms with E-state index in [9.17, 15) is 0 Å². The number of aromatic nitrogens is 1. The van der Waals surface area contributed by atoms with E-state index in [4.69, 9.17) is 1.37 Å². The maximum absolute atomic E-state index is 7.49. The van der Waals surface area contributed by atoms with Gasteiger partial charge in [0.1, 0.15) is 0 Å². The third kappa shape index (κ3) is 2.07. The number of thiazole rings is 1. The van der Waals surface area contributed by atoms with Gasteiger partial charge in [-0.2, -0.15) is 0 Å². The number of hydrogen-bond donors (Lipinski definition) is 0. The van der Waals surface area contributed by atoms with Crippen molar-refractivity contribution in [3.8, 4) is 0 Å². The van der Waals surface area contributed by atoms with Gasteiger partial charge in [-0.25, -0.2) is 4.98 Å². The van der Waals surface area contributed by atoms with Gasteiger partial charge in [-0.05, 0) is 26.9 Å². The van der Waals surface area contributed by atoms with Crippen LogP contribution in [-0.2, 0) is 0 Å². The molecule has 1 aliphatic rings. The lowest BCUT2D eigenvalue weighted by Gasteiger charge is -2.35. The predicted octanol–water partition coefficient (Wildman–Crippen LogP) is 1.67. The van der Waals surface area contributed by atoms with Gasteiger partial charge in [0.05, 0.1) is 1.37 Å². The quantitative estimate of drug-likeness (QED) is 0.743. The molecule has 0 spiro atoms. The molecule has 3 nitrogen and oxygen atoms in total. The molecule has 2 heterocycles. The smallest absolute Gasteiger partial charge is 0.185 e. The Balaban J connectivity index is 2.04. The van der Waals surface area contributed by atoms with Crippen LogP contribution in [0.25, 0.3) is 0 Å². The van der Waals surface area contributed by atoms with Crippen LogP contribution in [-0.4, -0.2) is 43.1 Å². The lowest BCUT2D eigenvalue weighted by atomic mass is 10.1. The molecule has 1 aromatic heterocycles. The van der Waals surface area contributed by atoms with Gasteiger partial charge >= 0.3 is 0 Å². The number of likely N-dealkylation sites (N-methyl/N-ethyl adjacent to an activating group) is 1. The zero-order chi connectivity index (χ0) is 10.8. The van der Waals surface area contributed by atoms with Crippen molar-refractivity contribution in [1.82, 2.24) is 9.88 Å². The van der Waals surface area contributed by atoms with Gasteiger partial charge in [-0.1, -0.05) is 0 Å². The summed E-state index contributed by atoms with van der Waals surface area (Å²) in [5.41, 5.74) is 0. The van der Waals surface area contributed by atoms with Gasteiger partial charge in [-0.3, -0.25) is 0 Å². The summed E-state index contributed by atoms with van der Waals surface area (Å²) in [6.45, 7) is 2.12. The highest BCUT2D eigenvalue weighted by molar-refractivity contribution is 7.13. The fourth-order valence-electron chi connectivity index (χ4n) is 1.88. The summed E-state index contributed by atoms with van der Waals surface area (Å²) in [7, 11) is 4.26. The second-order valence-corrected chi connectivity index (χ2v) is 4.77. The Hall–Kier alpha value is -0.610. The maximum atomic E-state index is 7.49. The van der Waals surface area contributed by atoms with Gasteiger partial charge in [0.15, 0.2) is 5.13 Å². The highest BCUT2D eigenvalue weighted by atomic mass is 32.1. The third-order valence-corrected chi connectivity index (χ3v) is 3.54. The molecule has 0 amide bonds. The molecule has 78 valence electrons. The molecule has 1 aliphatic heterocycles. The lowest BCUT2D eigenvalue weighted by molar-refractivity contribution is 0.258. The molecule has 0 bridgehead atoms. The summed E-state index contributed by atoms with van der Waals surface area (Å²) >= 11 is 1.47. The molecule has 0 unspecified atom stereocenters. The molecule has 1 aromatic rings. The monoisotopic (exact) mass is 212 g/mol. The Morgan fingerprint density at radius 1 is 1.71 bits per heavy atom. The number of piperidine rings is 1. The van der Waals surface area contributed by atoms with Crippen molar-refractivity contribution >= 4 is 16.5 Å². The minimum atomic E-state index is 0.553. The third-order valence-electron chi connectivity index (χ3n) is 2.78. The lowest BCUT2D eigenvalue weighted by Crippen LogP contribution is -2.45. The van der Waals surface area contributed by atoms with Gasteiger partial charge in [0, 0.05) is 30.7 Å². The molecule has 0 aromatic carbocycles. The molecular weight excluding hydrogens is 194 g/mol. The van der Waals surface area contributed by atoms with Crippen molar-refractivity contribution in [2.24, 2.45) is 0 Å². The molecule has 1 atom stereocenters. The van der Waals surface area contributed by atoms with E-state index in [-0.39, 0.29) is 0 Å². The number of rotatable bonds is 2. The molecule has 14 heavy (non-hydrogen) atoms. The number of hydrogen-bond acceptors (Lipinski definition) is 4. The first-order chi connectivity index (χ1) is 7.16. The van der Waals surface area contributed by atoms with Crippen molar-refractivity contribution in [2.45, 2.75) is 18.9 Å². The Labute approximate surface area is 90.8 Å². The van der Waals surface area contributed by atoms with E-state index < -0.39 is 0 Å². The fourth-order valence-corrected chi connectivity index (χ4v) is 2.49. The minimum absolute atomic E-state index is 0.553. The summed E-state index contributed by atoms with van der Waals surface area (Å²) in [5, 5.41) is 1.56. The summed E-state index contributed by atoms with van der Waals surface area (Å²) in [4.78, 5) is 8.85. The van der Waals surface area contributed by atoms with Gasteiger partial charge in [0.2, 0.25) is 0 Å². The Morgan fingerprint density at radius 3 is 3.21 bits per heavy atom. The van der Waals surface area contributed by atoms with Gasteiger partial charge < -0.3 is 9.80 Å². The summed E-state index contributed by atoms with van der Waals surface area (Å²) in [6.07, 6.45) is 4.12. The molecule has 4 heteroatoms. The van der Waals surface area contributed by atoms with Crippen molar-refractivity contribution in [3.05, 3.63) is 11.6 Å². The largest absolute Gasteiger partial charge is 0.347 e. The van der Waals surface area contributed by atoms with Crippen LogP contribution in [0, 0.1) is 0 Å². The number of anilines is 1.